The first-order valence-electron chi connectivity index (χ1n) is 11.9. The summed E-state index contributed by atoms with van der Waals surface area (Å²) in [7, 11) is 0.211. The van der Waals surface area contributed by atoms with Crippen molar-refractivity contribution in [1.29, 1.82) is 0 Å². The van der Waals surface area contributed by atoms with Crippen LogP contribution in [0.1, 0.15) is 36.5 Å². The predicted octanol–water partition coefficient (Wildman–Crippen LogP) is 8.71. The lowest BCUT2D eigenvalue weighted by Gasteiger charge is -2.26. The number of nitrogens with zero attached hydrogens (tertiary/aromatic N) is 1. The SMILES string of the molecule is CCCCc1ccc(N(c2ccc(C=Cc3cc[c]cc3)cc2)c2cccc([S+](C)C)c2)cc1. The summed E-state index contributed by atoms with van der Waals surface area (Å²) in [6.07, 6.45) is 12.4. The van der Waals surface area contributed by atoms with Gasteiger partial charge in [-0.05, 0) is 72.0 Å². The number of unbranched alkanes of at least 4 members (excludes halogenated alkanes) is 1. The fraction of sp³-hybridized carbons (Fsp3) is 0.188. The zero-order valence-corrected chi connectivity index (χ0v) is 21.2. The van der Waals surface area contributed by atoms with E-state index >= 15 is 0 Å². The van der Waals surface area contributed by atoms with E-state index in [0.717, 1.165) is 12.1 Å². The summed E-state index contributed by atoms with van der Waals surface area (Å²) in [5.41, 5.74) is 7.32. The first kappa shape index (κ1) is 23.9. The summed E-state index contributed by atoms with van der Waals surface area (Å²) in [4.78, 5) is 3.74. The van der Waals surface area contributed by atoms with Gasteiger partial charge in [-0.25, -0.2) is 0 Å². The Labute approximate surface area is 208 Å². The van der Waals surface area contributed by atoms with Crippen LogP contribution in [0.3, 0.4) is 0 Å². The molecule has 1 nitrogen and oxygen atoms in total. The standard InChI is InChI=1S/C32H33NS/c1-4-5-10-27-17-21-29(22-18-27)33(31-13-9-14-32(25-31)34(2)3)30-23-19-28(20-24-30)16-15-26-11-7-6-8-12-26/h7-9,11-25H,4-5,10H2,1-3H3/q+1. The van der Waals surface area contributed by atoms with Crippen LogP contribution in [-0.2, 0) is 17.3 Å². The van der Waals surface area contributed by atoms with E-state index in [2.05, 4.69) is 127 Å². The molecule has 0 fully saturated rings. The van der Waals surface area contributed by atoms with Gasteiger partial charge in [-0.15, -0.1) is 0 Å². The average Bonchev–Trinajstić information content (AvgIpc) is 2.89. The smallest absolute Gasteiger partial charge is 0.156 e. The fourth-order valence-corrected chi connectivity index (χ4v) is 4.66. The summed E-state index contributed by atoms with van der Waals surface area (Å²) in [6, 6.07) is 37.9. The first-order valence-corrected chi connectivity index (χ1v) is 14.0. The van der Waals surface area contributed by atoms with Gasteiger partial charge in [-0.1, -0.05) is 80.1 Å². The van der Waals surface area contributed by atoms with Crippen molar-refractivity contribution in [3.63, 3.8) is 0 Å². The summed E-state index contributed by atoms with van der Waals surface area (Å²) in [6.45, 7) is 2.25. The van der Waals surface area contributed by atoms with E-state index in [1.165, 1.54) is 45.8 Å². The van der Waals surface area contributed by atoms with Gasteiger partial charge in [0.1, 0.15) is 12.5 Å². The second-order valence-corrected chi connectivity index (χ2v) is 10.8. The third-order valence-electron chi connectivity index (χ3n) is 5.92. The molecule has 2 heteroatoms. The molecule has 4 rings (SSSR count). The number of anilines is 3. The van der Waals surface area contributed by atoms with E-state index < -0.39 is 0 Å². The molecule has 0 bridgehead atoms. The van der Waals surface area contributed by atoms with Crippen LogP contribution < -0.4 is 4.90 Å². The van der Waals surface area contributed by atoms with Crippen molar-refractivity contribution in [2.24, 2.45) is 0 Å². The summed E-state index contributed by atoms with van der Waals surface area (Å²) < 4.78 is 0. The van der Waals surface area contributed by atoms with Crippen molar-refractivity contribution in [2.75, 3.05) is 17.4 Å². The minimum absolute atomic E-state index is 0.211. The van der Waals surface area contributed by atoms with Gasteiger partial charge in [-0.2, -0.15) is 0 Å². The maximum absolute atomic E-state index is 3.07. The second kappa shape index (κ2) is 11.8. The minimum Gasteiger partial charge on any atom is -0.310 e. The largest absolute Gasteiger partial charge is 0.310 e. The maximum Gasteiger partial charge on any atom is 0.156 e. The minimum atomic E-state index is 0.211. The van der Waals surface area contributed by atoms with E-state index in [9.17, 15) is 0 Å². The van der Waals surface area contributed by atoms with Crippen LogP contribution in [-0.4, -0.2) is 12.5 Å². The highest BCUT2D eigenvalue weighted by atomic mass is 32.2. The van der Waals surface area contributed by atoms with E-state index in [1.807, 2.05) is 12.1 Å². The molecule has 0 spiro atoms. The van der Waals surface area contributed by atoms with Gasteiger partial charge in [0.25, 0.3) is 0 Å². The molecule has 0 heterocycles. The molecule has 34 heavy (non-hydrogen) atoms. The van der Waals surface area contributed by atoms with Gasteiger partial charge in [0, 0.05) is 28.3 Å². The zero-order valence-electron chi connectivity index (χ0n) is 20.4. The van der Waals surface area contributed by atoms with E-state index in [1.54, 1.807) is 0 Å². The van der Waals surface area contributed by atoms with E-state index in [4.69, 9.17) is 0 Å². The molecule has 0 saturated heterocycles. The topological polar surface area (TPSA) is 3.24 Å². The third kappa shape index (κ3) is 6.21. The quantitative estimate of drug-likeness (QED) is 0.177. The molecule has 0 unspecified atom stereocenters. The zero-order chi connectivity index (χ0) is 23.8. The van der Waals surface area contributed by atoms with Gasteiger partial charge in [0.15, 0.2) is 4.90 Å². The van der Waals surface area contributed by atoms with Crippen LogP contribution in [0.4, 0.5) is 17.1 Å². The van der Waals surface area contributed by atoms with Crippen LogP contribution in [0.5, 0.6) is 0 Å². The van der Waals surface area contributed by atoms with Crippen LogP contribution >= 0.6 is 0 Å². The Morgan fingerprint density at radius 2 is 1.35 bits per heavy atom. The molecule has 4 aromatic rings. The van der Waals surface area contributed by atoms with Crippen LogP contribution in [0, 0.1) is 6.07 Å². The van der Waals surface area contributed by atoms with Crippen molar-refractivity contribution in [2.45, 2.75) is 31.1 Å². The lowest BCUT2D eigenvalue weighted by molar-refractivity contribution is 0.795. The Bertz CT molecular complexity index is 1190. The number of rotatable bonds is 9. The van der Waals surface area contributed by atoms with Crippen molar-refractivity contribution >= 4 is 40.1 Å². The molecule has 171 valence electrons. The number of hydrogen-bond donors (Lipinski definition) is 0. The lowest BCUT2D eigenvalue weighted by Crippen LogP contribution is -2.11. The van der Waals surface area contributed by atoms with Crippen molar-refractivity contribution in [3.8, 4) is 0 Å². The molecular formula is C32H33NS+. The highest BCUT2D eigenvalue weighted by Crippen LogP contribution is 2.36. The molecule has 0 aliphatic heterocycles. The van der Waals surface area contributed by atoms with Crippen LogP contribution in [0.25, 0.3) is 12.2 Å². The Kier molecular flexibility index (Phi) is 8.27. The van der Waals surface area contributed by atoms with Gasteiger partial charge in [0.2, 0.25) is 0 Å². The molecule has 0 aliphatic carbocycles. The molecule has 4 aromatic carbocycles. The van der Waals surface area contributed by atoms with Gasteiger partial charge in [0.05, 0.1) is 5.69 Å². The summed E-state index contributed by atoms with van der Waals surface area (Å²) in [5, 5.41) is 0. The molecule has 0 atom stereocenters. The number of aryl methyl sites for hydroxylation is 1. The summed E-state index contributed by atoms with van der Waals surface area (Å²) in [5.74, 6) is 0. The maximum atomic E-state index is 3.07. The highest BCUT2D eigenvalue weighted by molar-refractivity contribution is 7.95. The van der Waals surface area contributed by atoms with Crippen LogP contribution in [0.2, 0.25) is 0 Å². The number of benzene rings is 4. The van der Waals surface area contributed by atoms with Gasteiger partial charge in [-0.3, -0.25) is 0 Å². The monoisotopic (exact) mass is 463 g/mol. The molecule has 0 aliphatic rings. The second-order valence-electron chi connectivity index (χ2n) is 8.68. The normalized spacial score (nSPS) is 11.3. The van der Waals surface area contributed by atoms with Crippen molar-refractivity contribution in [3.05, 3.63) is 120 Å². The number of hydrogen-bond acceptors (Lipinski definition) is 1. The summed E-state index contributed by atoms with van der Waals surface area (Å²) >= 11 is 0. The van der Waals surface area contributed by atoms with E-state index in [-0.39, 0.29) is 10.9 Å². The van der Waals surface area contributed by atoms with Crippen molar-refractivity contribution in [1.82, 2.24) is 0 Å². The molecule has 0 N–H and O–H groups in total. The molecular weight excluding hydrogens is 430 g/mol. The first-order chi connectivity index (χ1) is 16.6. The fourth-order valence-electron chi connectivity index (χ4n) is 3.95. The molecule has 0 aromatic heterocycles. The third-order valence-corrected chi connectivity index (χ3v) is 7.12. The lowest BCUT2D eigenvalue weighted by atomic mass is 10.1. The molecule has 0 amide bonds. The van der Waals surface area contributed by atoms with Gasteiger partial charge < -0.3 is 4.90 Å². The highest BCUT2D eigenvalue weighted by Gasteiger charge is 2.16. The predicted molar refractivity (Wildman–Crippen MR) is 151 cm³/mol. The average molecular weight is 464 g/mol. The van der Waals surface area contributed by atoms with Crippen LogP contribution in [0.15, 0.2) is 102 Å². The van der Waals surface area contributed by atoms with E-state index in [0.29, 0.717) is 0 Å². The Hall–Kier alpha value is -3.23. The Morgan fingerprint density at radius 1 is 0.735 bits per heavy atom. The Balaban J connectivity index is 1.66. The van der Waals surface area contributed by atoms with Gasteiger partial charge >= 0.3 is 0 Å². The molecule has 0 saturated carbocycles. The van der Waals surface area contributed by atoms with Crippen molar-refractivity contribution < 1.29 is 0 Å². The Morgan fingerprint density at radius 3 is 1.97 bits per heavy atom. The molecule has 1 radical (unpaired) electrons.